The van der Waals surface area contributed by atoms with E-state index in [-0.39, 0.29) is 12.0 Å². The molecular weight excluding hydrogens is 340 g/mol. The van der Waals surface area contributed by atoms with Crippen LogP contribution < -0.4 is 5.73 Å². The number of hydrogen-bond donors (Lipinski definition) is 1. The molecule has 0 atom stereocenters. The number of carbonyl (C=O) groups is 1. The highest BCUT2D eigenvalue weighted by Gasteiger charge is 2.36. The summed E-state index contributed by atoms with van der Waals surface area (Å²) in [6, 6.07) is 6.92. The number of aliphatic imine (C=N–C) groups is 1. The standard InChI is InChI=1S/C18H23ClN4O2/c1-12(25-5)18(3,4)11-23-13(2)21-16(20)22(17(23)24)10-14-6-8-15(19)9-7-14/h6-9H,1-2,10-11H2,3-5H3,(H2,20,21). The summed E-state index contributed by atoms with van der Waals surface area (Å²) in [4.78, 5) is 20.0. The van der Waals surface area contributed by atoms with Crippen molar-refractivity contribution in [2.24, 2.45) is 16.1 Å². The van der Waals surface area contributed by atoms with Crippen molar-refractivity contribution >= 4 is 23.6 Å². The van der Waals surface area contributed by atoms with E-state index in [9.17, 15) is 4.79 Å². The van der Waals surface area contributed by atoms with Crippen molar-refractivity contribution in [3.63, 3.8) is 0 Å². The molecule has 0 radical (unpaired) electrons. The zero-order valence-electron chi connectivity index (χ0n) is 14.8. The van der Waals surface area contributed by atoms with E-state index < -0.39 is 5.41 Å². The number of guanidine groups is 1. The molecule has 0 unspecified atom stereocenters. The Labute approximate surface area is 153 Å². The zero-order valence-corrected chi connectivity index (χ0v) is 15.5. The van der Waals surface area contributed by atoms with Crippen molar-refractivity contribution in [2.45, 2.75) is 20.4 Å². The van der Waals surface area contributed by atoms with Crippen LogP contribution in [0.3, 0.4) is 0 Å². The summed E-state index contributed by atoms with van der Waals surface area (Å²) >= 11 is 5.90. The van der Waals surface area contributed by atoms with Gasteiger partial charge >= 0.3 is 6.03 Å². The molecule has 0 saturated carbocycles. The van der Waals surface area contributed by atoms with Crippen molar-refractivity contribution in [3.8, 4) is 0 Å². The van der Waals surface area contributed by atoms with E-state index in [0.717, 1.165) is 5.56 Å². The number of carbonyl (C=O) groups excluding carboxylic acids is 1. The Hall–Kier alpha value is -2.47. The maximum absolute atomic E-state index is 12.9. The largest absolute Gasteiger partial charge is 0.501 e. The van der Waals surface area contributed by atoms with Crippen molar-refractivity contribution in [1.29, 1.82) is 0 Å². The first-order valence-electron chi connectivity index (χ1n) is 7.75. The maximum Gasteiger partial charge on any atom is 0.332 e. The van der Waals surface area contributed by atoms with E-state index in [0.29, 0.717) is 29.7 Å². The van der Waals surface area contributed by atoms with E-state index in [2.05, 4.69) is 18.2 Å². The molecule has 0 saturated heterocycles. The summed E-state index contributed by atoms with van der Waals surface area (Å²) in [6.07, 6.45) is 0. The molecule has 1 aliphatic rings. The Morgan fingerprint density at radius 3 is 2.48 bits per heavy atom. The molecule has 2 rings (SSSR count). The lowest BCUT2D eigenvalue weighted by Gasteiger charge is -2.38. The zero-order chi connectivity index (χ0) is 18.8. The van der Waals surface area contributed by atoms with Gasteiger partial charge in [-0.05, 0) is 17.7 Å². The first-order valence-corrected chi connectivity index (χ1v) is 8.13. The molecule has 1 aliphatic heterocycles. The number of halogens is 1. The van der Waals surface area contributed by atoms with Crippen LogP contribution >= 0.6 is 11.6 Å². The molecule has 1 aromatic carbocycles. The second kappa shape index (κ2) is 7.19. The number of nitrogens with zero attached hydrogens (tertiary/aromatic N) is 3. The summed E-state index contributed by atoms with van der Waals surface area (Å²) in [5.41, 5.74) is 6.37. The molecule has 2 amide bonds. The van der Waals surface area contributed by atoms with Gasteiger partial charge < -0.3 is 10.5 Å². The fraction of sp³-hybridized carbons (Fsp3) is 0.333. The van der Waals surface area contributed by atoms with E-state index in [1.165, 1.54) is 9.80 Å². The van der Waals surface area contributed by atoms with Gasteiger partial charge in [-0.15, -0.1) is 0 Å². The maximum atomic E-state index is 12.9. The summed E-state index contributed by atoms with van der Waals surface area (Å²) in [5, 5.41) is 0.630. The molecule has 0 fully saturated rings. The Morgan fingerprint density at radius 2 is 1.92 bits per heavy atom. The first kappa shape index (κ1) is 18.9. The van der Waals surface area contributed by atoms with Gasteiger partial charge in [0.25, 0.3) is 0 Å². The minimum absolute atomic E-state index is 0.115. The molecule has 0 aliphatic carbocycles. The van der Waals surface area contributed by atoms with Gasteiger partial charge in [-0.3, -0.25) is 9.80 Å². The molecule has 1 aromatic rings. The van der Waals surface area contributed by atoms with Gasteiger partial charge in [0.15, 0.2) is 0 Å². The number of urea groups is 1. The number of benzene rings is 1. The predicted molar refractivity (Wildman–Crippen MR) is 99.8 cm³/mol. The molecule has 6 nitrogen and oxygen atoms in total. The van der Waals surface area contributed by atoms with Crippen LogP contribution in [0.2, 0.25) is 5.02 Å². The van der Waals surface area contributed by atoms with Crippen LogP contribution in [0.15, 0.2) is 54.0 Å². The van der Waals surface area contributed by atoms with Gasteiger partial charge in [-0.25, -0.2) is 4.79 Å². The highest BCUT2D eigenvalue weighted by atomic mass is 35.5. The van der Waals surface area contributed by atoms with Gasteiger partial charge in [0, 0.05) is 17.0 Å². The average molecular weight is 363 g/mol. The Balaban J connectivity index is 2.24. The highest BCUT2D eigenvalue weighted by Crippen LogP contribution is 2.30. The average Bonchev–Trinajstić information content (AvgIpc) is 2.56. The number of hydrogen-bond acceptors (Lipinski definition) is 4. The Bertz CT molecular complexity index is 725. The SMILES string of the molecule is C=C1N=C(N)N(Cc2ccc(Cl)cc2)C(=O)N1CC(C)(C)C(=C)OC. The van der Waals surface area contributed by atoms with Crippen LogP contribution in [0.25, 0.3) is 0 Å². The smallest absolute Gasteiger partial charge is 0.332 e. The van der Waals surface area contributed by atoms with E-state index >= 15 is 0 Å². The number of methoxy groups -OCH3 is 1. The predicted octanol–water partition coefficient (Wildman–Crippen LogP) is 3.55. The quantitative estimate of drug-likeness (QED) is 0.786. The Morgan fingerprint density at radius 1 is 1.32 bits per heavy atom. The van der Waals surface area contributed by atoms with Crippen LogP contribution in [0, 0.1) is 5.41 Å². The number of ether oxygens (including phenoxy) is 1. The molecule has 134 valence electrons. The monoisotopic (exact) mass is 362 g/mol. The second-order valence-corrected chi connectivity index (χ2v) is 6.92. The molecule has 7 heteroatoms. The summed E-state index contributed by atoms with van der Waals surface area (Å²) in [7, 11) is 1.56. The van der Waals surface area contributed by atoms with Crippen LogP contribution in [-0.4, -0.2) is 35.4 Å². The van der Waals surface area contributed by atoms with E-state index in [1.807, 2.05) is 26.0 Å². The van der Waals surface area contributed by atoms with Gasteiger partial charge in [0.1, 0.15) is 5.82 Å². The summed E-state index contributed by atoms with van der Waals surface area (Å²) < 4.78 is 5.23. The number of rotatable bonds is 6. The summed E-state index contributed by atoms with van der Waals surface area (Å²) in [6.45, 7) is 12.2. The third kappa shape index (κ3) is 4.14. The van der Waals surface area contributed by atoms with Crippen molar-refractivity contribution < 1.29 is 9.53 Å². The lowest BCUT2D eigenvalue weighted by molar-refractivity contribution is 0.139. The molecule has 25 heavy (non-hydrogen) atoms. The second-order valence-electron chi connectivity index (χ2n) is 6.48. The number of nitrogens with two attached hydrogens (primary N) is 1. The van der Waals surface area contributed by atoms with Gasteiger partial charge in [-0.2, -0.15) is 4.99 Å². The minimum atomic E-state index is -0.471. The third-order valence-corrected chi connectivity index (χ3v) is 4.35. The van der Waals surface area contributed by atoms with Crippen LogP contribution in [-0.2, 0) is 11.3 Å². The van der Waals surface area contributed by atoms with Crippen LogP contribution in [0.5, 0.6) is 0 Å². The van der Waals surface area contributed by atoms with E-state index in [4.69, 9.17) is 22.1 Å². The van der Waals surface area contributed by atoms with Gasteiger partial charge in [0.2, 0.25) is 5.96 Å². The highest BCUT2D eigenvalue weighted by molar-refractivity contribution is 6.30. The summed E-state index contributed by atoms with van der Waals surface area (Å²) in [5.74, 6) is 0.983. The van der Waals surface area contributed by atoms with Crippen LogP contribution in [0.4, 0.5) is 4.79 Å². The topological polar surface area (TPSA) is 71.2 Å². The molecule has 0 aromatic heterocycles. The fourth-order valence-corrected chi connectivity index (χ4v) is 2.57. The normalized spacial score (nSPS) is 15.3. The van der Waals surface area contributed by atoms with Crippen molar-refractivity contribution in [3.05, 3.63) is 59.6 Å². The van der Waals surface area contributed by atoms with E-state index in [1.54, 1.807) is 19.2 Å². The Kier molecular flexibility index (Phi) is 5.42. The third-order valence-electron chi connectivity index (χ3n) is 4.10. The van der Waals surface area contributed by atoms with Crippen LogP contribution in [0.1, 0.15) is 19.4 Å². The molecule has 1 heterocycles. The molecule has 2 N–H and O–H groups in total. The minimum Gasteiger partial charge on any atom is -0.501 e. The lowest BCUT2D eigenvalue weighted by Crippen LogP contribution is -2.53. The molecule has 0 spiro atoms. The molecular formula is C18H23ClN4O2. The van der Waals surface area contributed by atoms with Crippen molar-refractivity contribution in [1.82, 2.24) is 9.80 Å². The fourth-order valence-electron chi connectivity index (χ4n) is 2.45. The molecule has 0 bridgehead atoms. The van der Waals surface area contributed by atoms with Gasteiger partial charge in [0.05, 0.1) is 19.4 Å². The van der Waals surface area contributed by atoms with Crippen molar-refractivity contribution in [2.75, 3.05) is 13.7 Å². The number of amides is 2. The lowest BCUT2D eigenvalue weighted by atomic mass is 9.90. The first-order chi connectivity index (χ1) is 11.7. The van der Waals surface area contributed by atoms with Gasteiger partial charge in [-0.1, -0.05) is 50.7 Å².